The van der Waals surface area contributed by atoms with Gasteiger partial charge >= 0.3 is 0 Å². The molecule has 0 fully saturated rings. The number of rotatable bonds is 5. The number of aromatic nitrogens is 5. The van der Waals surface area contributed by atoms with Gasteiger partial charge in [0.05, 0.1) is 24.4 Å². The van der Waals surface area contributed by atoms with Gasteiger partial charge < -0.3 is 9.72 Å². The molecule has 4 rings (SSSR count). The summed E-state index contributed by atoms with van der Waals surface area (Å²) in [5.41, 5.74) is 4.75. The summed E-state index contributed by atoms with van der Waals surface area (Å²) in [5.74, 6) is 0.701. The number of nitrogens with zero attached hydrogens (tertiary/aromatic N) is 5. The van der Waals surface area contributed by atoms with E-state index in [0.29, 0.717) is 0 Å². The molecule has 4 aromatic heterocycles. The maximum atomic E-state index is 12.6. The Bertz CT molecular complexity index is 1130. The molecule has 0 saturated carbocycles. The van der Waals surface area contributed by atoms with Crippen LogP contribution in [0.4, 0.5) is 0 Å². The molecule has 4 aromatic rings. The maximum Gasteiger partial charge on any atom is 0.226 e. The number of hydrogen-bond donors (Lipinski definition) is 1. The van der Waals surface area contributed by atoms with Gasteiger partial charge in [-0.1, -0.05) is 12.1 Å². The van der Waals surface area contributed by atoms with Crippen molar-refractivity contribution in [2.45, 2.75) is 33.2 Å². The van der Waals surface area contributed by atoms with E-state index in [4.69, 9.17) is 0 Å². The second-order valence-corrected chi connectivity index (χ2v) is 6.89. The van der Waals surface area contributed by atoms with Crippen LogP contribution in [0.25, 0.3) is 11.5 Å². The van der Waals surface area contributed by atoms with Crippen LogP contribution >= 0.6 is 0 Å². The first kappa shape index (κ1) is 17.9. The number of aryl methyl sites for hydroxylation is 1. The quantitative estimate of drug-likeness (QED) is 0.583. The lowest BCUT2D eigenvalue weighted by Gasteiger charge is -2.14. The fourth-order valence-electron chi connectivity index (χ4n) is 3.43. The number of hydrogen-bond acceptors (Lipinski definition) is 4. The van der Waals surface area contributed by atoms with Crippen LogP contribution in [0.2, 0.25) is 0 Å². The van der Waals surface area contributed by atoms with Crippen LogP contribution in [0.3, 0.4) is 0 Å². The molecule has 1 amide bonds. The molecule has 7 nitrogen and oxygen atoms in total. The summed E-state index contributed by atoms with van der Waals surface area (Å²) in [5, 5.41) is 7.50. The van der Waals surface area contributed by atoms with E-state index < -0.39 is 0 Å². The fraction of sp³-hybridized carbons (Fsp3) is 0.238. The minimum atomic E-state index is -0.161. The Morgan fingerprint density at radius 1 is 1.14 bits per heavy atom. The van der Waals surface area contributed by atoms with Crippen molar-refractivity contribution in [1.82, 2.24) is 29.5 Å². The fourth-order valence-corrected chi connectivity index (χ4v) is 3.43. The molecule has 0 saturated heterocycles. The van der Waals surface area contributed by atoms with E-state index in [1.54, 1.807) is 23.3 Å². The van der Waals surface area contributed by atoms with Gasteiger partial charge in [0.2, 0.25) is 5.91 Å². The zero-order valence-corrected chi connectivity index (χ0v) is 16.1. The number of carbonyl (C=O) groups is 1. The van der Waals surface area contributed by atoms with Gasteiger partial charge in [-0.25, -0.2) is 14.6 Å². The van der Waals surface area contributed by atoms with Gasteiger partial charge in [-0.15, -0.1) is 0 Å². The van der Waals surface area contributed by atoms with Gasteiger partial charge in [-0.3, -0.25) is 4.79 Å². The number of carbonyl (C=O) groups excluding carboxylic acids is 1. The largest absolute Gasteiger partial charge is 0.349 e. The van der Waals surface area contributed by atoms with E-state index in [2.05, 4.69) is 20.4 Å². The summed E-state index contributed by atoms with van der Waals surface area (Å²) in [6, 6.07) is 9.50. The highest BCUT2D eigenvalue weighted by molar-refractivity contribution is 5.79. The summed E-state index contributed by atoms with van der Waals surface area (Å²) in [6.45, 7) is 5.95. The van der Waals surface area contributed by atoms with Crippen LogP contribution in [0.15, 0.2) is 55.1 Å². The Morgan fingerprint density at radius 3 is 2.79 bits per heavy atom. The molecular formula is C21H22N6O. The van der Waals surface area contributed by atoms with Crippen molar-refractivity contribution in [2.24, 2.45) is 0 Å². The Labute approximate surface area is 163 Å². The molecule has 0 bridgehead atoms. The van der Waals surface area contributed by atoms with Gasteiger partial charge in [-0.05, 0) is 44.5 Å². The lowest BCUT2D eigenvalue weighted by molar-refractivity contribution is -0.121. The van der Waals surface area contributed by atoms with Crippen molar-refractivity contribution in [3.05, 3.63) is 77.6 Å². The third-order valence-electron chi connectivity index (χ3n) is 4.91. The second kappa shape index (κ2) is 7.26. The van der Waals surface area contributed by atoms with Crippen LogP contribution in [-0.4, -0.2) is 30.1 Å². The highest BCUT2D eigenvalue weighted by Crippen LogP contribution is 2.19. The normalized spacial score (nSPS) is 12.2. The van der Waals surface area contributed by atoms with Crippen molar-refractivity contribution in [2.75, 3.05) is 0 Å². The third kappa shape index (κ3) is 3.26. The van der Waals surface area contributed by atoms with Crippen molar-refractivity contribution in [3.8, 4) is 5.82 Å². The Morgan fingerprint density at radius 2 is 2.00 bits per heavy atom. The molecule has 1 N–H and O–H groups in total. The van der Waals surface area contributed by atoms with E-state index in [1.807, 2.05) is 61.7 Å². The molecule has 4 heterocycles. The van der Waals surface area contributed by atoms with Crippen LogP contribution in [0.5, 0.6) is 0 Å². The second-order valence-electron chi connectivity index (χ2n) is 6.89. The van der Waals surface area contributed by atoms with Gasteiger partial charge in [0.15, 0.2) is 5.82 Å². The lowest BCUT2D eigenvalue weighted by atomic mass is 10.1. The smallest absolute Gasteiger partial charge is 0.226 e. The monoisotopic (exact) mass is 374 g/mol. The van der Waals surface area contributed by atoms with Crippen LogP contribution in [0, 0.1) is 13.8 Å². The molecular weight excluding hydrogens is 352 g/mol. The molecule has 0 unspecified atom stereocenters. The number of imidazole rings is 1. The van der Waals surface area contributed by atoms with Gasteiger partial charge in [0.1, 0.15) is 5.65 Å². The van der Waals surface area contributed by atoms with Crippen LogP contribution < -0.4 is 5.32 Å². The van der Waals surface area contributed by atoms with Crippen LogP contribution in [0.1, 0.15) is 35.5 Å². The molecule has 142 valence electrons. The van der Waals surface area contributed by atoms with Crippen molar-refractivity contribution in [3.63, 3.8) is 0 Å². The van der Waals surface area contributed by atoms with Crippen molar-refractivity contribution >= 4 is 11.6 Å². The number of pyridine rings is 2. The number of amides is 1. The molecule has 28 heavy (non-hydrogen) atoms. The maximum absolute atomic E-state index is 12.6. The molecule has 0 aliphatic heterocycles. The molecule has 0 aliphatic rings. The predicted molar refractivity (Wildman–Crippen MR) is 106 cm³/mol. The Hall–Kier alpha value is -3.48. The average Bonchev–Trinajstić information content (AvgIpc) is 3.27. The van der Waals surface area contributed by atoms with Gasteiger partial charge in [-0.2, -0.15) is 5.10 Å². The van der Waals surface area contributed by atoms with E-state index in [1.165, 1.54) is 0 Å². The van der Waals surface area contributed by atoms with Crippen LogP contribution in [-0.2, 0) is 11.2 Å². The summed E-state index contributed by atoms with van der Waals surface area (Å²) in [6.07, 6.45) is 7.48. The van der Waals surface area contributed by atoms with Gasteiger partial charge in [0.25, 0.3) is 0 Å². The predicted octanol–water partition coefficient (Wildman–Crippen LogP) is 2.95. The Kier molecular flexibility index (Phi) is 4.65. The SMILES string of the molecule is Cc1cccn2c(CC(=O)N[C@@H](C)c3cnn(-c4ccccn4)c3C)cnc12. The topological polar surface area (TPSA) is 77.1 Å². The highest BCUT2D eigenvalue weighted by atomic mass is 16.1. The first-order chi connectivity index (χ1) is 13.5. The van der Waals surface area contributed by atoms with E-state index >= 15 is 0 Å². The summed E-state index contributed by atoms with van der Waals surface area (Å²) in [7, 11) is 0. The standard InChI is InChI=1S/C21H22N6O/c1-14-7-6-10-26-17(12-23-21(14)26)11-20(28)25-15(2)18-13-24-27(16(18)3)19-8-4-5-9-22-19/h4-10,12-13,15H,11H2,1-3H3,(H,25,28)/t15-/m0/s1. The highest BCUT2D eigenvalue weighted by Gasteiger charge is 2.18. The minimum Gasteiger partial charge on any atom is -0.349 e. The van der Waals surface area contributed by atoms with E-state index in [0.717, 1.165) is 34.0 Å². The van der Waals surface area contributed by atoms with Crippen molar-refractivity contribution < 1.29 is 4.79 Å². The average molecular weight is 374 g/mol. The van der Waals surface area contributed by atoms with E-state index in [9.17, 15) is 4.79 Å². The zero-order chi connectivity index (χ0) is 19.7. The zero-order valence-electron chi connectivity index (χ0n) is 16.1. The van der Waals surface area contributed by atoms with Gasteiger partial charge in [0, 0.05) is 29.8 Å². The number of nitrogens with one attached hydrogen (secondary N) is 1. The van der Waals surface area contributed by atoms with Crippen molar-refractivity contribution in [1.29, 1.82) is 0 Å². The lowest BCUT2D eigenvalue weighted by Crippen LogP contribution is -2.28. The summed E-state index contributed by atoms with van der Waals surface area (Å²) in [4.78, 5) is 21.4. The molecule has 0 aromatic carbocycles. The first-order valence-electron chi connectivity index (χ1n) is 9.21. The molecule has 1 atom stereocenters. The third-order valence-corrected chi connectivity index (χ3v) is 4.91. The number of fused-ring (bicyclic) bond motifs is 1. The summed E-state index contributed by atoms with van der Waals surface area (Å²) < 4.78 is 3.75. The first-order valence-corrected chi connectivity index (χ1v) is 9.21. The molecule has 0 spiro atoms. The van der Waals surface area contributed by atoms with E-state index in [-0.39, 0.29) is 18.4 Å². The summed E-state index contributed by atoms with van der Waals surface area (Å²) >= 11 is 0. The molecule has 7 heteroatoms. The molecule has 0 radical (unpaired) electrons. The minimum absolute atomic E-state index is 0.0548. The molecule has 0 aliphatic carbocycles. The Balaban J connectivity index is 1.49.